The Morgan fingerprint density at radius 3 is 2.12 bits per heavy atom. The molecule has 0 saturated carbocycles. The summed E-state index contributed by atoms with van der Waals surface area (Å²) in [6.45, 7) is 1.45. The molecule has 2 rings (SSSR count). The first kappa shape index (κ1) is 18.0. The van der Waals surface area contributed by atoms with E-state index in [9.17, 15) is 18.2 Å². The number of halogens is 2. The normalized spacial score (nSPS) is 13.3. The number of rotatable bonds is 5. The SMILES string of the molecule is CC(c1ccc(C(=O)N(C)C(S#N)c2ccccc2)cc1)C(F)F. The summed E-state index contributed by atoms with van der Waals surface area (Å²) >= 11 is 0.572. The van der Waals surface area contributed by atoms with Crippen molar-refractivity contribution in [3.05, 3.63) is 71.3 Å². The van der Waals surface area contributed by atoms with Crippen LogP contribution in [0.5, 0.6) is 0 Å². The monoisotopic (exact) mass is 348 g/mol. The molecule has 0 spiro atoms. The molecule has 0 N–H and O–H groups in total. The van der Waals surface area contributed by atoms with Crippen LogP contribution in [-0.2, 0) is 0 Å². The Labute approximate surface area is 143 Å². The van der Waals surface area contributed by atoms with Gasteiger partial charge in [0.05, 0.1) is 11.4 Å². The number of benzene rings is 2. The summed E-state index contributed by atoms with van der Waals surface area (Å²) in [4.78, 5) is 14.0. The van der Waals surface area contributed by atoms with Gasteiger partial charge in [-0.15, -0.1) is 0 Å². The lowest BCUT2D eigenvalue weighted by molar-refractivity contribution is 0.0780. The van der Waals surface area contributed by atoms with Crippen molar-refractivity contribution in [3.63, 3.8) is 0 Å². The van der Waals surface area contributed by atoms with E-state index in [-0.39, 0.29) is 5.91 Å². The van der Waals surface area contributed by atoms with Gasteiger partial charge in [-0.05, 0) is 23.3 Å². The highest BCUT2D eigenvalue weighted by molar-refractivity contribution is 7.85. The van der Waals surface area contributed by atoms with Crippen LogP contribution in [0, 0.1) is 4.61 Å². The summed E-state index contributed by atoms with van der Waals surface area (Å²) in [7, 11) is 1.60. The maximum Gasteiger partial charge on any atom is 0.255 e. The zero-order chi connectivity index (χ0) is 17.7. The number of carbonyl (C=O) groups is 1. The van der Waals surface area contributed by atoms with E-state index in [1.807, 2.05) is 30.3 Å². The topological polar surface area (TPSA) is 44.1 Å². The molecule has 126 valence electrons. The Bertz CT molecular complexity index is 729. The molecule has 2 aromatic carbocycles. The van der Waals surface area contributed by atoms with E-state index in [0.29, 0.717) is 22.5 Å². The minimum atomic E-state index is -2.44. The lowest BCUT2D eigenvalue weighted by Gasteiger charge is -2.23. The quantitative estimate of drug-likeness (QED) is 0.711. The van der Waals surface area contributed by atoms with Gasteiger partial charge in [0.15, 0.2) is 5.37 Å². The van der Waals surface area contributed by atoms with E-state index in [4.69, 9.17) is 0 Å². The molecule has 0 saturated heterocycles. The van der Waals surface area contributed by atoms with Crippen molar-refractivity contribution in [2.75, 3.05) is 7.05 Å². The van der Waals surface area contributed by atoms with Gasteiger partial charge in [-0.25, -0.2) is 8.78 Å². The third kappa shape index (κ3) is 3.96. The first-order valence-electron chi connectivity index (χ1n) is 7.46. The second-order valence-corrected chi connectivity index (χ2v) is 6.19. The van der Waals surface area contributed by atoms with Crippen molar-refractivity contribution < 1.29 is 13.6 Å². The maximum absolute atomic E-state index is 12.7. The van der Waals surface area contributed by atoms with Crippen molar-refractivity contribution in [2.45, 2.75) is 24.6 Å². The van der Waals surface area contributed by atoms with Gasteiger partial charge in [0.1, 0.15) is 0 Å². The van der Waals surface area contributed by atoms with E-state index in [2.05, 4.69) is 0 Å². The molecule has 0 bridgehead atoms. The third-order valence-corrected chi connectivity index (χ3v) is 4.71. The lowest BCUT2D eigenvalue weighted by atomic mass is 10.00. The van der Waals surface area contributed by atoms with Gasteiger partial charge in [-0.1, -0.05) is 49.4 Å². The van der Waals surface area contributed by atoms with E-state index in [0.717, 1.165) is 5.56 Å². The fourth-order valence-electron chi connectivity index (χ4n) is 2.36. The smallest absolute Gasteiger partial charge is 0.255 e. The molecule has 6 heteroatoms. The van der Waals surface area contributed by atoms with Crippen LogP contribution >= 0.6 is 11.4 Å². The van der Waals surface area contributed by atoms with Crippen molar-refractivity contribution in [1.82, 2.24) is 4.90 Å². The fraction of sp³-hybridized carbons (Fsp3) is 0.278. The molecule has 1 amide bonds. The largest absolute Gasteiger partial charge is 0.320 e. The average Bonchev–Trinajstić information content (AvgIpc) is 2.62. The Kier molecular flexibility index (Phi) is 6.01. The Morgan fingerprint density at radius 2 is 1.62 bits per heavy atom. The van der Waals surface area contributed by atoms with E-state index < -0.39 is 17.7 Å². The molecule has 3 nitrogen and oxygen atoms in total. The molecule has 2 unspecified atom stereocenters. The molecule has 0 aliphatic rings. The minimum absolute atomic E-state index is 0.290. The summed E-state index contributed by atoms with van der Waals surface area (Å²) in [6, 6.07) is 15.3. The van der Waals surface area contributed by atoms with E-state index in [1.54, 1.807) is 19.2 Å². The molecule has 24 heavy (non-hydrogen) atoms. The van der Waals surface area contributed by atoms with Gasteiger partial charge in [-0.3, -0.25) is 4.79 Å². The predicted octanol–water partition coefficient (Wildman–Crippen LogP) is 5.04. The predicted molar refractivity (Wildman–Crippen MR) is 91.5 cm³/mol. The Morgan fingerprint density at radius 1 is 1.04 bits per heavy atom. The number of nitrogens with zero attached hydrogens (tertiary/aromatic N) is 2. The molecule has 0 aliphatic carbocycles. The highest BCUT2D eigenvalue weighted by Gasteiger charge is 2.23. The van der Waals surface area contributed by atoms with Crippen LogP contribution in [0.25, 0.3) is 0 Å². The van der Waals surface area contributed by atoms with Crippen LogP contribution in [0.1, 0.15) is 39.7 Å². The van der Waals surface area contributed by atoms with Crippen LogP contribution in [0.15, 0.2) is 54.6 Å². The molecular weight excluding hydrogens is 330 g/mol. The van der Waals surface area contributed by atoms with Crippen LogP contribution in [-0.4, -0.2) is 24.3 Å². The van der Waals surface area contributed by atoms with Gasteiger partial charge in [0.2, 0.25) is 6.43 Å². The number of alkyl halides is 2. The zero-order valence-electron chi connectivity index (χ0n) is 13.4. The minimum Gasteiger partial charge on any atom is -0.320 e. The van der Waals surface area contributed by atoms with Crippen molar-refractivity contribution in [2.24, 2.45) is 0 Å². The maximum atomic E-state index is 12.7. The average molecular weight is 348 g/mol. The summed E-state index contributed by atoms with van der Waals surface area (Å²) in [5.41, 5.74) is 1.67. The first-order chi connectivity index (χ1) is 11.5. The highest BCUT2D eigenvalue weighted by atomic mass is 32.1. The van der Waals surface area contributed by atoms with E-state index in [1.165, 1.54) is 24.0 Å². The second kappa shape index (κ2) is 7.99. The van der Waals surface area contributed by atoms with Gasteiger partial charge >= 0.3 is 0 Å². The van der Waals surface area contributed by atoms with Gasteiger partial charge in [-0.2, -0.15) is 4.61 Å². The van der Waals surface area contributed by atoms with Gasteiger partial charge < -0.3 is 4.90 Å². The first-order valence-corrected chi connectivity index (χ1v) is 8.29. The van der Waals surface area contributed by atoms with Crippen LogP contribution < -0.4 is 0 Å². The summed E-state index contributed by atoms with van der Waals surface area (Å²) < 4.78 is 35.0. The van der Waals surface area contributed by atoms with E-state index >= 15 is 0 Å². The van der Waals surface area contributed by atoms with Gasteiger partial charge in [0.25, 0.3) is 5.91 Å². The molecule has 0 fully saturated rings. The fourth-order valence-corrected chi connectivity index (χ4v) is 2.87. The van der Waals surface area contributed by atoms with Crippen LogP contribution in [0.4, 0.5) is 8.78 Å². The van der Waals surface area contributed by atoms with Crippen LogP contribution in [0.2, 0.25) is 0 Å². The number of carbonyl (C=O) groups excluding carboxylic acids is 1. The standard InChI is InChI=1S/C18H18F2N2OS/c1-12(16(19)20)13-8-10-14(11-9-13)17(23)22(2)18(24-21)15-6-4-3-5-7-15/h3-12,16,18H,1-2H3. The van der Waals surface area contributed by atoms with Crippen molar-refractivity contribution in [3.8, 4) is 0 Å². The molecular formula is C18H18F2N2OS. The number of hydrogen-bond donors (Lipinski definition) is 0. The molecule has 0 heterocycles. The lowest BCUT2D eigenvalue weighted by Crippen LogP contribution is -2.28. The molecule has 0 radical (unpaired) electrons. The highest BCUT2D eigenvalue weighted by Crippen LogP contribution is 2.27. The van der Waals surface area contributed by atoms with Crippen molar-refractivity contribution >= 4 is 17.3 Å². The Balaban J connectivity index is 2.20. The second-order valence-electron chi connectivity index (χ2n) is 5.53. The van der Waals surface area contributed by atoms with Gasteiger partial charge in [0, 0.05) is 18.5 Å². The molecule has 0 aliphatic heterocycles. The Hall–Kier alpha value is -2.30. The zero-order valence-corrected chi connectivity index (χ0v) is 14.2. The third-order valence-electron chi connectivity index (χ3n) is 3.92. The number of hydrogen-bond acceptors (Lipinski definition) is 2. The van der Waals surface area contributed by atoms with Crippen molar-refractivity contribution in [1.29, 1.82) is 4.61 Å². The molecule has 2 atom stereocenters. The number of amides is 1. The molecule has 0 aromatic heterocycles. The summed E-state index contributed by atoms with van der Waals surface area (Å²) in [5, 5.41) is -0.543. The van der Waals surface area contributed by atoms with Crippen LogP contribution in [0.3, 0.4) is 0 Å². The summed E-state index contributed by atoms with van der Waals surface area (Å²) in [6.07, 6.45) is -2.44. The summed E-state index contributed by atoms with van der Waals surface area (Å²) in [5.74, 6) is -1.17. The molecule has 2 aromatic rings.